The Kier molecular flexibility index (Phi) is 6.15. The zero-order chi connectivity index (χ0) is 19.8. The molecule has 1 N–H and O–H groups in total. The van der Waals surface area contributed by atoms with Crippen molar-refractivity contribution < 1.29 is 4.79 Å². The molecular weight excluding hydrogens is 386 g/mol. The summed E-state index contributed by atoms with van der Waals surface area (Å²) < 4.78 is 4.18. The predicted octanol–water partition coefficient (Wildman–Crippen LogP) is 3.34. The van der Waals surface area contributed by atoms with Crippen LogP contribution in [-0.2, 0) is 7.05 Å². The summed E-state index contributed by atoms with van der Waals surface area (Å²) in [5.41, 5.74) is 5.13. The van der Waals surface area contributed by atoms with Gasteiger partial charge in [-0.2, -0.15) is 0 Å². The van der Waals surface area contributed by atoms with Crippen molar-refractivity contribution in [2.24, 2.45) is 7.05 Å². The second-order valence-electron chi connectivity index (χ2n) is 7.52. The average Bonchev–Trinajstić information content (AvgIpc) is 3.24. The molecule has 3 aromatic rings. The first kappa shape index (κ1) is 21.1. The molecule has 29 heavy (non-hydrogen) atoms. The summed E-state index contributed by atoms with van der Waals surface area (Å²) in [6, 6.07) is 10.2. The Morgan fingerprint density at radius 2 is 1.97 bits per heavy atom. The number of para-hydroxylation sites is 1. The van der Waals surface area contributed by atoms with E-state index >= 15 is 0 Å². The normalized spacial score (nSPS) is 16.6. The molecule has 7 heteroatoms. The Hall–Kier alpha value is -2.57. The topological polar surface area (TPSA) is 55.1 Å². The third-order valence-electron chi connectivity index (χ3n) is 5.68. The lowest BCUT2D eigenvalue weighted by molar-refractivity contribution is 0.0620. The number of rotatable bonds is 3. The standard InChI is InChI=1S/C22H27N5O.ClH/c1-15-7-5-6-8-19(15)27-16(2)13-18(17(27)3)22(28)26-12-9-23-14-20(26)21-24-10-11-25(21)4;/h5-8,10-11,13,20,23H,9,12,14H2,1-4H3;1H. The monoisotopic (exact) mass is 413 g/mol. The predicted molar refractivity (Wildman–Crippen MR) is 117 cm³/mol. The minimum atomic E-state index is -0.0669. The minimum absolute atomic E-state index is 0. The lowest BCUT2D eigenvalue weighted by Gasteiger charge is -2.35. The van der Waals surface area contributed by atoms with Crippen LogP contribution < -0.4 is 5.32 Å². The summed E-state index contributed by atoms with van der Waals surface area (Å²) in [4.78, 5) is 20.0. The van der Waals surface area contributed by atoms with E-state index in [9.17, 15) is 4.79 Å². The number of nitrogens with one attached hydrogen (secondary N) is 1. The fourth-order valence-corrected chi connectivity index (χ4v) is 4.20. The number of carbonyl (C=O) groups is 1. The van der Waals surface area contributed by atoms with Gasteiger partial charge in [0.05, 0.1) is 5.56 Å². The summed E-state index contributed by atoms with van der Waals surface area (Å²) in [6.07, 6.45) is 3.72. The molecule has 1 saturated heterocycles. The SMILES string of the molecule is Cc1ccccc1-n1c(C)cc(C(=O)N2CCNCC2c2nccn2C)c1C.Cl. The van der Waals surface area contributed by atoms with Crippen molar-refractivity contribution in [3.05, 3.63) is 71.1 Å². The number of aromatic nitrogens is 3. The first-order valence-electron chi connectivity index (χ1n) is 9.73. The Bertz CT molecular complexity index is 1020. The number of piperazine rings is 1. The molecule has 1 aliphatic rings. The Morgan fingerprint density at radius 3 is 2.66 bits per heavy atom. The number of hydrogen-bond acceptors (Lipinski definition) is 3. The molecular formula is C22H28ClN5O. The number of hydrogen-bond donors (Lipinski definition) is 1. The Morgan fingerprint density at radius 1 is 1.21 bits per heavy atom. The molecule has 3 heterocycles. The molecule has 1 amide bonds. The van der Waals surface area contributed by atoms with Gasteiger partial charge in [0.2, 0.25) is 0 Å². The van der Waals surface area contributed by atoms with Crippen molar-refractivity contribution >= 4 is 18.3 Å². The molecule has 1 fully saturated rings. The van der Waals surface area contributed by atoms with E-state index in [1.54, 1.807) is 6.20 Å². The quantitative estimate of drug-likeness (QED) is 0.716. The third kappa shape index (κ3) is 3.70. The lowest BCUT2D eigenvalue weighted by Crippen LogP contribution is -2.49. The van der Waals surface area contributed by atoms with E-state index in [4.69, 9.17) is 0 Å². The summed E-state index contributed by atoms with van der Waals surface area (Å²) in [5.74, 6) is 0.982. The van der Waals surface area contributed by atoms with Gasteiger partial charge in [0.25, 0.3) is 5.91 Å². The van der Waals surface area contributed by atoms with Crippen LogP contribution >= 0.6 is 12.4 Å². The van der Waals surface area contributed by atoms with Gasteiger partial charge in [-0.25, -0.2) is 4.98 Å². The number of imidazole rings is 1. The van der Waals surface area contributed by atoms with E-state index in [-0.39, 0.29) is 24.4 Å². The van der Waals surface area contributed by atoms with Gasteiger partial charge in [0.15, 0.2) is 0 Å². The summed E-state index contributed by atoms with van der Waals surface area (Å²) in [6.45, 7) is 8.37. The van der Waals surface area contributed by atoms with E-state index < -0.39 is 0 Å². The molecule has 2 aromatic heterocycles. The maximum Gasteiger partial charge on any atom is 0.256 e. The van der Waals surface area contributed by atoms with Crippen LogP contribution in [0.3, 0.4) is 0 Å². The molecule has 0 spiro atoms. The largest absolute Gasteiger partial charge is 0.336 e. The Labute approximate surface area is 178 Å². The highest BCUT2D eigenvalue weighted by Gasteiger charge is 2.32. The highest BCUT2D eigenvalue weighted by Crippen LogP contribution is 2.28. The maximum atomic E-state index is 13.6. The lowest BCUT2D eigenvalue weighted by atomic mass is 10.1. The van der Waals surface area contributed by atoms with E-state index in [0.29, 0.717) is 13.1 Å². The van der Waals surface area contributed by atoms with Crippen molar-refractivity contribution in [2.45, 2.75) is 26.8 Å². The molecule has 0 saturated carbocycles. The van der Waals surface area contributed by atoms with Crippen LogP contribution in [0.1, 0.15) is 39.2 Å². The molecule has 6 nitrogen and oxygen atoms in total. The fraction of sp³-hybridized carbons (Fsp3) is 0.364. The van der Waals surface area contributed by atoms with Crippen molar-refractivity contribution in [3.63, 3.8) is 0 Å². The molecule has 1 aliphatic heterocycles. The highest BCUT2D eigenvalue weighted by atomic mass is 35.5. The molecule has 154 valence electrons. The van der Waals surface area contributed by atoms with Gasteiger partial charge < -0.3 is 19.4 Å². The second kappa shape index (κ2) is 8.43. The molecule has 1 unspecified atom stereocenters. The molecule has 1 aromatic carbocycles. The van der Waals surface area contributed by atoms with E-state index in [0.717, 1.165) is 35.0 Å². The van der Waals surface area contributed by atoms with Crippen LogP contribution in [0.5, 0.6) is 0 Å². The van der Waals surface area contributed by atoms with Gasteiger partial charge in [-0.3, -0.25) is 4.79 Å². The minimum Gasteiger partial charge on any atom is -0.336 e. The van der Waals surface area contributed by atoms with Crippen LogP contribution in [0.2, 0.25) is 0 Å². The maximum absolute atomic E-state index is 13.6. The number of halogens is 1. The van der Waals surface area contributed by atoms with E-state index in [1.165, 1.54) is 5.56 Å². The smallest absolute Gasteiger partial charge is 0.256 e. The molecule has 1 atom stereocenters. The summed E-state index contributed by atoms with van der Waals surface area (Å²) in [5, 5.41) is 3.40. The second-order valence-corrected chi connectivity index (χ2v) is 7.52. The first-order valence-corrected chi connectivity index (χ1v) is 9.73. The Balaban J connectivity index is 0.00000240. The number of benzene rings is 1. The van der Waals surface area contributed by atoms with Crippen LogP contribution in [0.25, 0.3) is 5.69 Å². The number of aryl methyl sites for hydroxylation is 3. The van der Waals surface area contributed by atoms with Crippen LogP contribution in [0, 0.1) is 20.8 Å². The summed E-state index contributed by atoms with van der Waals surface area (Å²) >= 11 is 0. The number of nitrogens with zero attached hydrogens (tertiary/aromatic N) is 4. The highest BCUT2D eigenvalue weighted by molar-refractivity contribution is 5.96. The number of amides is 1. The van der Waals surface area contributed by atoms with Crippen molar-refractivity contribution in [3.8, 4) is 5.69 Å². The van der Waals surface area contributed by atoms with Crippen molar-refractivity contribution in [2.75, 3.05) is 19.6 Å². The van der Waals surface area contributed by atoms with Gasteiger partial charge in [0.1, 0.15) is 11.9 Å². The van der Waals surface area contributed by atoms with Crippen LogP contribution in [-0.4, -0.2) is 44.6 Å². The van der Waals surface area contributed by atoms with Crippen molar-refractivity contribution in [1.29, 1.82) is 0 Å². The summed E-state index contributed by atoms with van der Waals surface area (Å²) in [7, 11) is 1.98. The molecule has 4 rings (SSSR count). The van der Waals surface area contributed by atoms with Gasteiger partial charge in [-0.15, -0.1) is 12.4 Å². The number of carbonyl (C=O) groups excluding carboxylic acids is 1. The fourth-order valence-electron chi connectivity index (χ4n) is 4.20. The third-order valence-corrected chi connectivity index (χ3v) is 5.68. The zero-order valence-corrected chi connectivity index (χ0v) is 18.2. The molecule has 0 aliphatic carbocycles. The van der Waals surface area contributed by atoms with E-state index in [2.05, 4.69) is 40.8 Å². The van der Waals surface area contributed by atoms with Gasteiger partial charge in [0, 0.05) is 56.2 Å². The van der Waals surface area contributed by atoms with Gasteiger partial charge in [-0.05, 0) is 38.5 Å². The molecule has 0 bridgehead atoms. The average molecular weight is 414 g/mol. The van der Waals surface area contributed by atoms with Gasteiger partial charge in [-0.1, -0.05) is 18.2 Å². The van der Waals surface area contributed by atoms with Crippen LogP contribution in [0.15, 0.2) is 42.7 Å². The first-order chi connectivity index (χ1) is 13.5. The zero-order valence-electron chi connectivity index (χ0n) is 17.3. The molecule has 0 radical (unpaired) electrons. The van der Waals surface area contributed by atoms with Crippen LogP contribution in [0.4, 0.5) is 0 Å². The van der Waals surface area contributed by atoms with Crippen molar-refractivity contribution in [1.82, 2.24) is 24.3 Å². The van der Waals surface area contributed by atoms with E-state index in [1.807, 2.05) is 47.8 Å². The van der Waals surface area contributed by atoms with Gasteiger partial charge >= 0.3 is 0 Å².